The number of rotatable bonds is 3. The summed E-state index contributed by atoms with van der Waals surface area (Å²) in [4.78, 5) is 0. The van der Waals surface area contributed by atoms with Gasteiger partial charge in [-0.05, 0) is 12.1 Å². The van der Waals surface area contributed by atoms with E-state index in [0.29, 0.717) is 5.75 Å². The lowest BCUT2D eigenvalue weighted by Gasteiger charge is -2.09. The summed E-state index contributed by atoms with van der Waals surface area (Å²) in [6.45, 7) is -1.31. The minimum atomic E-state index is -4.33. The van der Waals surface area contributed by atoms with Crippen LogP contribution in [0.2, 0.25) is 0 Å². The molecule has 0 saturated carbocycles. The first-order valence-electron chi connectivity index (χ1n) is 3.76. The Bertz CT molecular complexity index is 296. The van der Waals surface area contributed by atoms with Crippen molar-refractivity contribution < 1.29 is 22.6 Å². The first kappa shape index (κ1) is 10.7. The molecule has 0 fully saturated rings. The van der Waals surface area contributed by atoms with E-state index in [1.54, 1.807) is 0 Å². The number of hydrogen-bond acceptors (Lipinski definition) is 2. The molecule has 0 unspecified atom stereocenters. The Kier molecular flexibility index (Phi) is 3.22. The smallest absolute Gasteiger partial charge is 0.422 e. The van der Waals surface area contributed by atoms with Crippen LogP contribution < -0.4 is 9.47 Å². The van der Waals surface area contributed by atoms with Crippen LogP contribution in [0.15, 0.2) is 18.2 Å². The monoisotopic (exact) mass is 205 g/mol. The van der Waals surface area contributed by atoms with Gasteiger partial charge in [-0.1, -0.05) is 0 Å². The summed E-state index contributed by atoms with van der Waals surface area (Å²) in [6, 6.07) is 6.83. The van der Waals surface area contributed by atoms with E-state index in [-0.39, 0.29) is 5.75 Å². The van der Waals surface area contributed by atoms with E-state index >= 15 is 0 Å². The van der Waals surface area contributed by atoms with Crippen LogP contribution in [-0.4, -0.2) is 19.9 Å². The highest BCUT2D eigenvalue weighted by Crippen LogP contribution is 2.21. The minimum absolute atomic E-state index is 0.109. The van der Waals surface area contributed by atoms with Crippen LogP contribution in [0.5, 0.6) is 11.5 Å². The summed E-state index contributed by atoms with van der Waals surface area (Å²) < 4.78 is 44.5. The molecule has 5 heteroatoms. The fourth-order valence-corrected chi connectivity index (χ4v) is 0.798. The van der Waals surface area contributed by atoms with Crippen LogP contribution >= 0.6 is 0 Å². The van der Waals surface area contributed by atoms with Gasteiger partial charge in [0.1, 0.15) is 11.5 Å². The zero-order chi connectivity index (χ0) is 10.6. The van der Waals surface area contributed by atoms with Crippen molar-refractivity contribution in [1.29, 1.82) is 0 Å². The van der Waals surface area contributed by atoms with Gasteiger partial charge >= 0.3 is 6.18 Å². The minimum Gasteiger partial charge on any atom is -0.496 e. The second kappa shape index (κ2) is 4.21. The van der Waals surface area contributed by atoms with Crippen LogP contribution in [0.25, 0.3) is 0 Å². The molecule has 0 aliphatic heterocycles. The number of benzene rings is 1. The predicted octanol–water partition coefficient (Wildman–Crippen LogP) is 2.44. The Labute approximate surface area is 79.2 Å². The number of ether oxygens (including phenoxy) is 2. The molecule has 0 spiro atoms. The molecule has 0 aliphatic carbocycles. The first-order valence-corrected chi connectivity index (χ1v) is 3.76. The van der Waals surface area contributed by atoms with E-state index in [4.69, 9.17) is 4.74 Å². The molecule has 2 nitrogen and oxygen atoms in total. The van der Waals surface area contributed by atoms with Gasteiger partial charge in [0.2, 0.25) is 0 Å². The molecule has 0 atom stereocenters. The standard InChI is InChI=1S/C9H8F3O2/c1-13-7-3-2-4-8(5-7)14-6-9(10,11)12/h2,4-5H,6H2,1H3. The molecule has 0 bridgehead atoms. The highest BCUT2D eigenvalue weighted by Gasteiger charge is 2.28. The number of halogens is 3. The lowest BCUT2D eigenvalue weighted by Crippen LogP contribution is -2.19. The third-order valence-corrected chi connectivity index (χ3v) is 1.37. The maximum atomic E-state index is 11.8. The molecule has 1 rings (SSSR count). The quantitative estimate of drug-likeness (QED) is 0.754. The van der Waals surface area contributed by atoms with Crippen molar-refractivity contribution in [2.75, 3.05) is 13.7 Å². The van der Waals surface area contributed by atoms with Crippen LogP contribution in [0.3, 0.4) is 0 Å². The Morgan fingerprint density at radius 2 is 2.14 bits per heavy atom. The zero-order valence-electron chi connectivity index (χ0n) is 7.39. The summed E-state index contributed by atoms with van der Waals surface area (Å²) in [5.41, 5.74) is 0. The lowest BCUT2D eigenvalue weighted by molar-refractivity contribution is -0.153. The van der Waals surface area contributed by atoms with Crippen LogP contribution in [0, 0.1) is 6.07 Å². The first-order chi connectivity index (χ1) is 6.51. The van der Waals surface area contributed by atoms with Gasteiger partial charge in [-0.25, -0.2) is 0 Å². The van der Waals surface area contributed by atoms with Crippen LogP contribution in [-0.2, 0) is 0 Å². The van der Waals surface area contributed by atoms with Crippen molar-refractivity contribution in [1.82, 2.24) is 0 Å². The second-order valence-electron chi connectivity index (χ2n) is 2.50. The van der Waals surface area contributed by atoms with Crippen molar-refractivity contribution >= 4 is 0 Å². The lowest BCUT2D eigenvalue weighted by atomic mass is 10.3. The van der Waals surface area contributed by atoms with Crippen molar-refractivity contribution in [2.45, 2.75) is 6.18 Å². The molecular weight excluding hydrogens is 197 g/mol. The molecular formula is C9H8F3O2. The summed E-state index contributed by atoms with van der Waals surface area (Å²) >= 11 is 0. The molecule has 14 heavy (non-hydrogen) atoms. The molecule has 0 heterocycles. The van der Waals surface area contributed by atoms with E-state index in [2.05, 4.69) is 10.8 Å². The van der Waals surface area contributed by atoms with Gasteiger partial charge in [-0.15, -0.1) is 0 Å². The summed E-state index contributed by atoms with van der Waals surface area (Å²) in [7, 11) is 1.40. The molecule has 1 radical (unpaired) electrons. The van der Waals surface area contributed by atoms with Gasteiger partial charge in [0.15, 0.2) is 6.61 Å². The van der Waals surface area contributed by atoms with Crippen LogP contribution in [0.1, 0.15) is 0 Å². The fraction of sp³-hybridized carbons (Fsp3) is 0.333. The Hall–Kier alpha value is -1.39. The number of methoxy groups -OCH3 is 1. The van der Waals surface area contributed by atoms with Crippen molar-refractivity contribution in [3.8, 4) is 11.5 Å². The highest BCUT2D eigenvalue weighted by molar-refractivity contribution is 5.31. The molecule has 1 aromatic carbocycles. The average Bonchev–Trinajstić information content (AvgIpc) is 2.14. The highest BCUT2D eigenvalue weighted by atomic mass is 19.4. The third-order valence-electron chi connectivity index (χ3n) is 1.37. The Morgan fingerprint density at radius 1 is 1.43 bits per heavy atom. The molecule has 0 aliphatic rings. The van der Waals surface area contributed by atoms with Gasteiger partial charge < -0.3 is 9.47 Å². The van der Waals surface area contributed by atoms with E-state index in [1.165, 1.54) is 25.3 Å². The van der Waals surface area contributed by atoms with Gasteiger partial charge in [-0.2, -0.15) is 13.2 Å². The van der Waals surface area contributed by atoms with Crippen molar-refractivity contribution in [2.24, 2.45) is 0 Å². The van der Waals surface area contributed by atoms with Gasteiger partial charge in [0, 0.05) is 12.1 Å². The zero-order valence-corrected chi connectivity index (χ0v) is 7.39. The van der Waals surface area contributed by atoms with E-state index in [9.17, 15) is 13.2 Å². The van der Waals surface area contributed by atoms with Gasteiger partial charge in [0.25, 0.3) is 0 Å². The van der Waals surface area contributed by atoms with E-state index < -0.39 is 12.8 Å². The second-order valence-corrected chi connectivity index (χ2v) is 2.50. The van der Waals surface area contributed by atoms with Crippen molar-refractivity contribution in [3.05, 3.63) is 24.3 Å². The molecule has 0 saturated heterocycles. The third kappa shape index (κ3) is 3.55. The summed E-state index contributed by atoms with van der Waals surface area (Å²) in [5, 5.41) is 0. The molecule has 0 aromatic heterocycles. The average molecular weight is 205 g/mol. The van der Waals surface area contributed by atoms with Crippen molar-refractivity contribution in [3.63, 3.8) is 0 Å². The van der Waals surface area contributed by atoms with Crippen LogP contribution in [0.4, 0.5) is 13.2 Å². The Balaban J connectivity index is 2.59. The maximum absolute atomic E-state index is 11.8. The molecule has 1 aromatic rings. The number of alkyl halides is 3. The summed E-state index contributed by atoms with van der Waals surface area (Å²) in [6.07, 6.45) is -4.33. The Morgan fingerprint density at radius 3 is 2.71 bits per heavy atom. The fourth-order valence-electron chi connectivity index (χ4n) is 0.798. The van der Waals surface area contributed by atoms with E-state index in [0.717, 1.165) is 0 Å². The molecule has 0 N–H and O–H groups in total. The molecule has 0 amide bonds. The normalized spacial score (nSPS) is 11.1. The maximum Gasteiger partial charge on any atom is 0.422 e. The topological polar surface area (TPSA) is 18.5 Å². The summed E-state index contributed by atoms with van der Waals surface area (Å²) in [5.74, 6) is 0.447. The SMILES string of the molecule is COc1[c]ccc(OCC(F)(F)F)c1. The van der Waals surface area contributed by atoms with E-state index in [1.807, 2.05) is 0 Å². The number of hydrogen-bond donors (Lipinski definition) is 0. The molecule has 77 valence electrons. The largest absolute Gasteiger partial charge is 0.496 e. The van der Waals surface area contributed by atoms with Gasteiger partial charge in [0.05, 0.1) is 7.11 Å². The predicted molar refractivity (Wildman–Crippen MR) is 43.4 cm³/mol. The van der Waals surface area contributed by atoms with Gasteiger partial charge in [-0.3, -0.25) is 0 Å².